The van der Waals surface area contributed by atoms with Crippen molar-refractivity contribution in [3.63, 3.8) is 0 Å². The number of anilines is 1. The number of pyridine rings is 2. The predicted octanol–water partition coefficient (Wildman–Crippen LogP) is 4.39. The second kappa shape index (κ2) is 7.55. The summed E-state index contributed by atoms with van der Waals surface area (Å²) < 4.78 is 27.4. The van der Waals surface area contributed by atoms with E-state index in [1.165, 1.54) is 30.5 Å². The Bertz CT molecular complexity index is 1260. The van der Waals surface area contributed by atoms with Gasteiger partial charge in [-0.3, -0.25) is 19.6 Å². The van der Waals surface area contributed by atoms with Crippen molar-refractivity contribution < 1.29 is 18.4 Å². The molecule has 142 valence electrons. The maximum atomic E-state index is 14.1. The molecule has 2 aromatic heterocycles. The molecule has 0 saturated carbocycles. The normalized spacial score (nSPS) is 10.7. The van der Waals surface area contributed by atoms with Crippen LogP contribution in [0.5, 0.6) is 0 Å². The van der Waals surface area contributed by atoms with Crippen LogP contribution in [0.25, 0.3) is 10.9 Å². The van der Waals surface area contributed by atoms with Gasteiger partial charge in [0.15, 0.2) is 0 Å². The molecule has 0 aliphatic heterocycles. The van der Waals surface area contributed by atoms with Crippen LogP contribution in [0, 0.1) is 11.6 Å². The molecule has 2 heterocycles. The monoisotopic (exact) mass is 389 g/mol. The summed E-state index contributed by atoms with van der Waals surface area (Å²) in [6, 6.07) is 13.7. The first-order valence-corrected chi connectivity index (χ1v) is 8.62. The van der Waals surface area contributed by atoms with Gasteiger partial charge in [-0.1, -0.05) is 12.1 Å². The Morgan fingerprint density at radius 3 is 2.48 bits per heavy atom. The first-order valence-electron chi connectivity index (χ1n) is 8.62. The molecule has 7 heteroatoms. The first-order chi connectivity index (χ1) is 14.0. The highest BCUT2D eigenvalue weighted by Gasteiger charge is 2.15. The van der Waals surface area contributed by atoms with Gasteiger partial charge >= 0.3 is 0 Å². The van der Waals surface area contributed by atoms with E-state index in [0.717, 1.165) is 23.6 Å². The molecule has 5 nitrogen and oxygen atoms in total. The Hall–Kier alpha value is -4.00. The molecule has 0 saturated heterocycles. The largest absolute Gasteiger partial charge is 0.322 e. The molecule has 2 aromatic carbocycles. The van der Waals surface area contributed by atoms with Gasteiger partial charge in [-0.2, -0.15) is 0 Å². The molecule has 0 bridgehead atoms. The van der Waals surface area contributed by atoms with Crippen LogP contribution in [0.1, 0.15) is 26.4 Å². The predicted molar refractivity (Wildman–Crippen MR) is 104 cm³/mol. The Morgan fingerprint density at radius 2 is 1.66 bits per heavy atom. The van der Waals surface area contributed by atoms with E-state index in [2.05, 4.69) is 15.3 Å². The van der Waals surface area contributed by atoms with Gasteiger partial charge in [-0.05, 0) is 48.5 Å². The van der Waals surface area contributed by atoms with Gasteiger partial charge in [0.2, 0.25) is 5.78 Å². The minimum atomic E-state index is -0.701. The van der Waals surface area contributed by atoms with Crippen molar-refractivity contribution in [2.75, 3.05) is 5.32 Å². The quantitative estimate of drug-likeness (QED) is 0.526. The average Bonchev–Trinajstić information content (AvgIpc) is 2.72. The van der Waals surface area contributed by atoms with Crippen molar-refractivity contribution in [1.29, 1.82) is 0 Å². The van der Waals surface area contributed by atoms with E-state index in [0.29, 0.717) is 5.52 Å². The fraction of sp³-hybridized carbons (Fsp3) is 0. The van der Waals surface area contributed by atoms with Gasteiger partial charge in [0.05, 0.1) is 11.7 Å². The number of fused-ring (bicyclic) bond motifs is 1. The average molecular weight is 389 g/mol. The van der Waals surface area contributed by atoms with Crippen LogP contribution in [0.3, 0.4) is 0 Å². The summed E-state index contributed by atoms with van der Waals surface area (Å²) in [5, 5.41) is 3.20. The fourth-order valence-electron chi connectivity index (χ4n) is 2.87. The zero-order valence-electron chi connectivity index (χ0n) is 14.9. The summed E-state index contributed by atoms with van der Waals surface area (Å²) in [6.45, 7) is 0. The van der Waals surface area contributed by atoms with Crippen LogP contribution >= 0.6 is 0 Å². The van der Waals surface area contributed by atoms with Crippen LogP contribution in [0.4, 0.5) is 14.5 Å². The zero-order chi connectivity index (χ0) is 20.4. The summed E-state index contributed by atoms with van der Waals surface area (Å²) in [5.74, 6) is -2.39. The van der Waals surface area contributed by atoms with Gasteiger partial charge in [0, 0.05) is 28.4 Å². The van der Waals surface area contributed by atoms with Crippen molar-refractivity contribution in [2.45, 2.75) is 0 Å². The zero-order valence-corrected chi connectivity index (χ0v) is 14.9. The lowest BCUT2D eigenvalue weighted by Gasteiger charge is -2.08. The molecule has 0 aliphatic rings. The molecular formula is C22H13F2N3O2. The number of benzene rings is 2. The molecule has 1 N–H and O–H groups in total. The van der Waals surface area contributed by atoms with Crippen molar-refractivity contribution in [3.05, 3.63) is 102 Å². The summed E-state index contributed by atoms with van der Waals surface area (Å²) >= 11 is 0. The summed E-state index contributed by atoms with van der Waals surface area (Å²) in [6.07, 6.45) is 3.08. The third-order valence-corrected chi connectivity index (χ3v) is 4.23. The first kappa shape index (κ1) is 18.4. The molecule has 0 spiro atoms. The third-order valence-electron chi connectivity index (χ3n) is 4.23. The number of halogens is 2. The number of amides is 1. The molecule has 0 radical (unpaired) electrons. The van der Waals surface area contributed by atoms with E-state index < -0.39 is 23.3 Å². The lowest BCUT2D eigenvalue weighted by molar-refractivity contribution is 0.101. The minimum Gasteiger partial charge on any atom is -0.322 e. The fourth-order valence-corrected chi connectivity index (χ4v) is 2.87. The SMILES string of the molecule is O=C(Nc1cc(F)cc(C(=O)c2cc3cccnc3cn2)c1)c1cccc(F)c1. The molecule has 1 amide bonds. The Labute approximate surface area is 164 Å². The Morgan fingerprint density at radius 1 is 0.828 bits per heavy atom. The van der Waals surface area contributed by atoms with Crippen molar-refractivity contribution >= 4 is 28.3 Å². The molecule has 0 unspecified atom stereocenters. The molecule has 0 atom stereocenters. The number of carbonyl (C=O) groups is 2. The number of rotatable bonds is 4. The maximum absolute atomic E-state index is 14.1. The van der Waals surface area contributed by atoms with Crippen molar-refractivity contribution in [2.24, 2.45) is 0 Å². The van der Waals surface area contributed by atoms with Gasteiger partial charge in [0.25, 0.3) is 5.91 Å². The molecule has 0 aliphatic carbocycles. The molecular weight excluding hydrogens is 376 g/mol. The van der Waals surface area contributed by atoms with Gasteiger partial charge < -0.3 is 5.32 Å². The van der Waals surface area contributed by atoms with E-state index in [1.807, 2.05) is 0 Å². The van der Waals surface area contributed by atoms with Crippen molar-refractivity contribution in [3.8, 4) is 0 Å². The van der Waals surface area contributed by atoms with Crippen LogP contribution < -0.4 is 5.32 Å². The number of carbonyl (C=O) groups excluding carboxylic acids is 2. The Kier molecular flexibility index (Phi) is 4.78. The van der Waals surface area contributed by atoms with E-state index in [1.54, 1.807) is 24.4 Å². The Balaban J connectivity index is 1.63. The number of ketones is 1. The number of aromatic nitrogens is 2. The maximum Gasteiger partial charge on any atom is 0.255 e. The van der Waals surface area contributed by atoms with Crippen LogP contribution in [0.15, 0.2) is 73.1 Å². The van der Waals surface area contributed by atoms with Gasteiger partial charge in [-0.15, -0.1) is 0 Å². The lowest BCUT2D eigenvalue weighted by Crippen LogP contribution is -2.13. The molecule has 29 heavy (non-hydrogen) atoms. The van der Waals surface area contributed by atoms with Crippen LogP contribution in [-0.4, -0.2) is 21.7 Å². The topological polar surface area (TPSA) is 72.0 Å². The second-order valence-corrected chi connectivity index (χ2v) is 6.29. The van der Waals surface area contributed by atoms with E-state index in [-0.39, 0.29) is 22.5 Å². The molecule has 4 aromatic rings. The number of hydrogen-bond acceptors (Lipinski definition) is 4. The highest BCUT2D eigenvalue weighted by molar-refractivity contribution is 6.10. The summed E-state index contributed by atoms with van der Waals surface area (Å²) in [5.41, 5.74) is 0.927. The minimum absolute atomic E-state index is 0.0234. The summed E-state index contributed by atoms with van der Waals surface area (Å²) in [7, 11) is 0. The molecule has 0 fully saturated rings. The number of hydrogen-bond donors (Lipinski definition) is 1. The highest BCUT2D eigenvalue weighted by Crippen LogP contribution is 2.19. The number of nitrogens with one attached hydrogen (secondary N) is 1. The van der Waals surface area contributed by atoms with Gasteiger partial charge in [0.1, 0.15) is 17.3 Å². The lowest BCUT2D eigenvalue weighted by atomic mass is 10.1. The second-order valence-electron chi connectivity index (χ2n) is 6.29. The standard InChI is InChI=1S/C22H13F2N3O2/c23-16-5-1-3-14(7-16)22(29)27-18-9-15(8-17(24)11-18)21(28)19-10-13-4-2-6-25-20(13)12-26-19/h1-12H,(H,27,29). The smallest absolute Gasteiger partial charge is 0.255 e. The summed E-state index contributed by atoms with van der Waals surface area (Å²) in [4.78, 5) is 33.3. The van der Waals surface area contributed by atoms with E-state index >= 15 is 0 Å². The van der Waals surface area contributed by atoms with Crippen molar-refractivity contribution in [1.82, 2.24) is 9.97 Å². The third kappa shape index (κ3) is 3.98. The van der Waals surface area contributed by atoms with Crippen LogP contribution in [0.2, 0.25) is 0 Å². The van der Waals surface area contributed by atoms with E-state index in [4.69, 9.17) is 0 Å². The highest BCUT2D eigenvalue weighted by atomic mass is 19.1. The molecule has 4 rings (SSSR count). The number of nitrogens with zero attached hydrogens (tertiary/aromatic N) is 2. The van der Waals surface area contributed by atoms with Crippen LogP contribution in [-0.2, 0) is 0 Å². The van der Waals surface area contributed by atoms with E-state index in [9.17, 15) is 18.4 Å². The van der Waals surface area contributed by atoms with Gasteiger partial charge in [-0.25, -0.2) is 8.78 Å².